The number of pyridine rings is 1. The van der Waals surface area contributed by atoms with Crippen LogP contribution < -0.4 is 10.2 Å². The molecule has 0 unspecified atom stereocenters. The first-order valence-corrected chi connectivity index (χ1v) is 8.23. The van der Waals surface area contributed by atoms with E-state index in [0.717, 1.165) is 26.2 Å². The Labute approximate surface area is 124 Å². The molecular formula is C17H31N3. The highest BCUT2D eigenvalue weighted by molar-refractivity contribution is 5.46. The summed E-state index contributed by atoms with van der Waals surface area (Å²) in [6, 6.07) is 4.25. The second-order valence-electron chi connectivity index (χ2n) is 5.36. The van der Waals surface area contributed by atoms with Crippen LogP contribution in [0.15, 0.2) is 18.3 Å². The first kappa shape index (κ1) is 17.0. The van der Waals surface area contributed by atoms with E-state index in [0.29, 0.717) is 0 Å². The van der Waals surface area contributed by atoms with Crippen molar-refractivity contribution < 1.29 is 0 Å². The van der Waals surface area contributed by atoms with Gasteiger partial charge in [0.2, 0.25) is 0 Å². The molecule has 0 aliphatic rings. The Morgan fingerprint density at radius 1 is 1.05 bits per heavy atom. The molecule has 0 radical (unpaired) electrons. The van der Waals surface area contributed by atoms with E-state index in [1.165, 1.54) is 43.5 Å². The third-order valence-electron chi connectivity index (χ3n) is 3.47. The smallest absolute Gasteiger partial charge is 0.133 e. The van der Waals surface area contributed by atoms with Gasteiger partial charge < -0.3 is 10.2 Å². The van der Waals surface area contributed by atoms with Gasteiger partial charge in [-0.1, -0.05) is 39.7 Å². The van der Waals surface area contributed by atoms with Crippen LogP contribution in [0.3, 0.4) is 0 Å². The molecule has 0 aliphatic carbocycles. The van der Waals surface area contributed by atoms with Crippen LogP contribution in [0.4, 0.5) is 5.82 Å². The van der Waals surface area contributed by atoms with E-state index >= 15 is 0 Å². The summed E-state index contributed by atoms with van der Waals surface area (Å²) in [4.78, 5) is 7.12. The van der Waals surface area contributed by atoms with E-state index in [9.17, 15) is 0 Å². The van der Waals surface area contributed by atoms with Crippen molar-refractivity contribution in [2.24, 2.45) is 0 Å². The van der Waals surface area contributed by atoms with Crippen molar-refractivity contribution in [1.82, 2.24) is 10.3 Å². The monoisotopic (exact) mass is 277 g/mol. The molecule has 0 atom stereocenters. The average molecular weight is 277 g/mol. The van der Waals surface area contributed by atoms with Crippen molar-refractivity contribution in [3.8, 4) is 0 Å². The number of hydrogen-bond acceptors (Lipinski definition) is 3. The highest BCUT2D eigenvalue weighted by Gasteiger charge is 2.11. The summed E-state index contributed by atoms with van der Waals surface area (Å²) in [5.74, 6) is 1.18. The molecule has 0 amide bonds. The van der Waals surface area contributed by atoms with Crippen LogP contribution in [0.5, 0.6) is 0 Å². The van der Waals surface area contributed by atoms with Crippen LogP contribution in [-0.4, -0.2) is 24.6 Å². The highest BCUT2D eigenvalue weighted by atomic mass is 15.2. The van der Waals surface area contributed by atoms with Gasteiger partial charge in [0.05, 0.1) is 0 Å². The molecule has 0 spiro atoms. The lowest BCUT2D eigenvalue weighted by molar-refractivity contribution is 0.649. The minimum atomic E-state index is 0.922. The molecule has 1 rings (SSSR count). The lowest BCUT2D eigenvalue weighted by Crippen LogP contribution is -2.28. The quantitative estimate of drug-likeness (QED) is 0.620. The Bertz CT molecular complexity index is 344. The predicted molar refractivity (Wildman–Crippen MR) is 88.3 cm³/mol. The first-order valence-electron chi connectivity index (χ1n) is 8.23. The number of unbranched alkanes of at least 4 members (excludes halogenated alkanes) is 2. The minimum Gasteiger partial charge on any atom is -0.356 e. The Hall–Kier alpha value is -1.09. The second kappa shape index (κ2) is 10.7. The van der Waals surface area contributed by atoms with Crippen LogP contribution >= 0.6 is 0 Å². The first-order chi connectivity index (χ1) is 9.83. The fourth-order valence-corrected chi connectivity index (χ4v) is 2.27. The summed E-state index contributed by atoms with van der Waals surface area (Å²) in [6.45, 7) is 10.9. The fraction of sp³-hybridized carbons (Fsp3) is 0.706. The van der Waals surface area contributed by atoms with Crippen molar-refractivity contribution in [3.05, 3.63) is 23.9 Å². The molecule has 0 saturated carbocycles. The fourth-order valence-electron chi connectivity index (χ4n) is 2.27. The Balaban J connectivity index is 2.75. The molecular weight excluding hydrogens is 246 g/mol. The van der Waals surface area contributed by atoms with E-state index in [1.54, 1.807) is 0 Å². The van der Waals surface area contributed by atoms with Gasteiger partial charge in [-0.05, 0) is 31.9 Å². The van der Waals surface area contributed by atoms with Gasteiger partial charge in [0.1, 0.15) is 5.82 Å². The van der Waals surface area contributed by atoms with E-state index in [1.807, 2.05) is 12.3 Å². The van der Waals surface area contributed by atoms with Crippen molar-refractivity contribution in [2.75, 3.05) is 24.5 Å². The summed E-state index contributed by atoms with van der Waals surface area (Å²) >= 11 is 0. The molecule has 1 aromatic rings. The number of aromatic nitrogens is 1. The molecule has 0 saturated heterocycles. The van der Waals surface area contributed by atoms with Crippen LogP contribution in [0.2, 0.25) is 0 Å². The van der Waals surface area contributed by atoms with Crippen LogP contribution in [0.25, 0.3) is 0 Å². The number of rotatable bonds is 11. The molecule has 1 heterocycles. The van der Waals surface area contributed by atoms with Crippen LogP contribution in [0.1, 0.15) is 58.4 Å². The number of nitrogens with one attached hydrogen (secondary N) is 1. The topological polar surface area (TPSA) is 28.2 Å². The number of hydrogen-bond donors (Lipinski definition) is 1. The summed E-state index contributed by atoms with van der Waals surface area (Å²) in [7, 11) is 0. The molecule has 0 bridgehead atoms. The van der Waals surface area contributed by atoms with Crippen molar-refractivity contribution in [2.45, 2.75) is 59.4 Å². The van der Waals surface area contributed by atoms with Crippen LogP contribution in [-0.2, 0) is 6.54 Å². The largest absolute Gasteiger partial charge is 0.356 e. The maximum atomic E-state index is 4.65. The zero-order valence-electron chi connectivity index (χ0n) is 13.5. The molecule has 3 nitrogen and oxygen atoms in total. The maximum absolute atomic E-state index is 4.65. The normalized spacial score (nSPS) is 10.8. The summed E-state index contributed by atoms with van der Waals surface area (Å²) in [6.07, 6.45) is 8.04. The molecule has 1 aromatic heterocycles. The van der Waals surface area contributed by atoms with Gasteiger partial charge in [-0.2, -0.15) is 0 Å². The second-order valence-corrected chi connectivity index (χ2v) is 5.36. The number of nitrogens with zero attached hydrogens (tertiary/aromatic N) is 2. The molecule has 114 valence electrons. The van der Waals surface area contributed by atoms with Crippen LogP contribution in [0, 0.1) is 0 Å². The van der Waals surface area contributed by atoms with Gasteiger partial charge in [-0.25, -0.2) is 4.98 Å². The standard InChI is InChI=1S/C17H31N3/c1-4-7-13-20(14-8-5-2)17-16(10-9-12-19-17)15-18-11-6-3/h9-10,12,18H,4-8,11,13-15H2,1-3H3. The Kier molecular flexibility index (Phi) is 9.05. The van der Waals surface area contributed by atoms with E-state index in [4.69, 9.17) is 0 Å². The van der Waals surface area contributed by atoms with Gasteiger partial charge in [0, 0.05) is 31.4 Å². The highest BCUT2D eigenvalue weighted by Crippen LogP contribution is 2.18. The van der Waals surface area contributed by atoms with Gasteiger partial charge in [-0.15, -0.1) is 0 Å². The van der Waals surface area contributed by atoms with Crippen molar-refractivity contribution in [3.63, 3.8) is 0 Å². The predicted octanol–water partition coefficient (Wildman–Crippen LogP) is 3.99. The van der Waals surface area contributed by atoms with Gasteiger partial charge in [0.25, 0.3) is 0 Å². The zero-order chi connectivity index (χ0) is 14.6. The van der Waals surface area contributed by atoms with Crippen molar-refractivity contribution >= 4 is 5.82 Å². The molecule has 0 aromatic carbocycles. The summed E-state index contributed by atoms with van der Waals surface area (Å²) < 4.78 is 0. The van der Waals surface area contributed by atoms with Gasteiger partial charge in [-0.3, -0.25) is 0 Å². The Morgan fingerprint density at radius 2 is 1.75 bits per heavy atom. The lowest BCUT2D eigenvalue weighted by atomic mass is 10.2. The SMILES string of the molecule is CCCCN(CCCC)c1ncccc1CNCCC. The van der Waals surface area contributed by atoms with E-state index in [-0.39, 0.29) is 0 Å². The van der Waals surface area contributed by atoms with E-state index in [2.05, 4.69) is 42.0 Å². The molecule has 1 N–H and O–H groups in total. The third-order valence-corrected chi connectivity index (χ3v) is 3.47. The molecule has 20 heavy (non-hydrogen) atoms. The summed E-state index contributed by atoms with van der Waals surface area (Å²) in [5.41, 5.74) is 1.33. The summed E-state index contributed by atoms with van der Waals surface area (Å²) in [5, 5.41) is 3.49. The molecule has 3 heteroatoms. The lowest BCUT2D eigenvalue weighted by Gasteiger charge is -2.26. The van der Waals surface area contributed by atoms with Gasteiger partial charge >= 0.3 is 0 Å². The molecule has 0 aliphatic heterocycles. The van der Waals surface area contributed by atoms with Crippen molar-refractivity contribution in [1.29, 1.82) is 0 Å². The maximum Gasteiger partial charge on any atom is 0.133 e. The third kappa shape index (κ3) is 5.91. The average Bonchev–Trinajstić information content (AvgIpc) is 2.48. The van der Waals surface area contributed by atoms with Gasteiger partial charge in [0.15, 0.2) is 0 Å². The molecule has 0 fully saturated rings. The van der Waals surface area contributed by atoms with E-state index < -0.39 is 0 Å². The number of anilines is 1. The minimum absolute atomic E-state index is 0.922. The zero-order valence-corrected chi connectivity index (χ0v) is 13.5. The Morgan fingerprint density at radius 3 is 2.35 bits per heavy atom.